The Labute approximate surface area is 163 Å². The van der Waals surface area contributed by atoms with E-state index in [1.54, 1.807) is 6.26 Å². The summed E-state index contributed by atoms with van der Waals surface area (Å²) in [4.78, 5) is 44.2. The van der Waals surface area contributed by atoms with E-state index >= 15 is 0 Å². The zero-order valence-electron chi connectivity index (χ0n) is 15.6. The van der Waals surface area contributed by atoms with Crippen LogP contribution < -0.4 is 10.9 Å². The normalized spacial score (nSPS) is 12.1. The predicted octanol–water partition coefficient (Wildman–Crippen LogP) is 0.904. The first kappa shape index (κ1) is 19.8. The second-order valence-corrected chi connectivity index (χ2v) is 7.09. The molecule has 0 saturated carbocycles. The van der Waals surface area contributed by atoms with E-state index in [9.17, 15) is 14.4 Å². The molecule has 10 heteroatoms. The number of thiophene rings is 1. The summed E-state index contributed by atoms with van der Waals surface area (Å²) in [5.41, 5.74) is -0.142. The van der Waals surface area contributed by atoms with Crippen molar-refractivity contribution in [1.82, 2.24) is 9.97 Å². The second-order valence-electron chi connectivity index (χ2n) is 6.09. The molecule has 3 N–H and O–H groups in total. The van der Waals surface area contributed by atoms with E-state index in [1.807, 2.05) is 24.4 Å². The van der Waals surface area contributed by atoms with Crippen LogP contribution in [-0.4, -0.2) is 36.1 Å². The molecule has 0 aromatic carbocycles. The van der Waals surface area contributed by atoms with Crippen molar-refractivity contribution >= 4 is 33.5 Å². The van der Waals surface area contributed by atoms with Gasteiger partial charge in [-0.3, -0.25) is 9.59 Å². The molecule has 3 rings (SSSR count). The van der Waals surface area contributed by atoms with Crippen LogP contribution in [-0.2, 0) is 27.2 Å². The first-order valence-electron chi connectivity index (χ1n) is 8.51. The van der Waals surface area contributed by atoms with E-state index in [1.165, 1.54) is 14.2 Å². The number of carbonyl (C=O) groups is 2. The molecule has 0 aliphatic rings. The number of hydrogen-bond acceptors (Lipinski definition) is 8. The number of aromatic nitrogens is 2. The molecule has 148 valence electrons. The summed E-state index contributed by atoms with van der Waals surface area (Å²) in [6, 6.07) is 3.73. The fraction of sp³-hybridized carbons (Fsp3) is 0.333. The number of fused-ring (bicyclic) bond motifs is 1. The van der Waals surface area contributed by atoms with Crippen LogP contribution in [0.1, 0.15) is 39.8 Å². The van der Waals surface area contributed by atoms with Gasteiger partial charge in [0.2, 0.25) is 0 Å². The lowest BCUT2D eigenvalue weighted by atomic mass is 10.1. The third kappa shape index (κ3) is 3.97. The maximum atomic E-state index is 12.7. The number of nitrogens with zero attached hydrogens (tertiary/aromatic N) is 1. The van der Waals surface area contributed by atoms with E-state index in [0.717, 1.165) is 17.1 Å². The summed E-state index contributed by atoms with van der Waals surface area (Å²) in [7, 11) is 2.48. The molecule has 3 aromatic heterocycles. The fourth-order valence-electron chi connectivity index (χ4n) is 2.80. The van der Waals surface area contributed by atoms with Crippen molar-refractivity contribution in [3.63, 3.8) is 0 Å². The van der Waals surface area contributed by atoms with Crippen LogP contribution in [0.15, 0.2) is 27.6 Å². The lowest BCUT2D eigenvalue weighted by molar-refractivity contribution is -0.710. The Balaban J connectivity index is 1.95. The van der Waals surface area contributed by atoms with E-state index in [-0.39, 0.29) is 28.3 Å². The third-order valence-electron chi connectivity index (χ3n) is 4.29. The van der Waals surface area contributed by atoms with Crippen molar-refractivity contribution in [2.45, 2.75) is 25.9 Å². The Morgan fingerprint density at radius 2 is 2.14 bits per heavy atom. The minimum Gasteiger partial charge on any atom is -0.469 e. The Morgan fingerprint density at radius 3 is 2.79 bits per heavy atom. The summed E-state index contributed by atoms with van der Waals surface area (Å²) in [6.07, 6.45) is 1.39. The second kappa shape index (κ2) is 8.36. The topological polar surface area (TPSA) is 128 Å². The quantitative estimate of drug-likeness (QED) is 0.558. The molecule has 0 spiro atoms. The van der Waals surface area contributed by atoms with Crippen LogP contribution in [0.2, 0.25) is 0 Å². The summed E-state index contributed by atoms with van der Waals surface area (Å²) in [5.74, 6) is 0.0841. The van der Waals surface area contributed by atoms with Crippen LogP contribution in [0.5, 0.6) is 0 Å². The molecular formula is C18H20N3O6S+. The third-order valence-corrected chi connectivity index (χ3v) is 5.39. The number of nitrogens with one attached hydrogen (secondary N) is 1. The highest BCUT2D eigenvalue weighted by molar-refractivity contribution is 7.20. The highest BCUT2D eigenvalue weighted by atomic mass is 32.1. The van der Waals surface area contributed by atoms with Crippen molar-refractivity contribution < 1.29 is 28.8 Å². The highest BCUT2D eigenvalue weighted by Crippen LogP contribution is 2.29. The monoisotopic (exact) mass is 406 g/mol. The van der Waals surface area contributed by atoms with Gasteiger partial charge in [-0.15, -0.1) is 11.3 Å². The fourth-order valence-corrected chi connectivity index (χ4v) is 3.93. The maximum Gasteiger partial charge on any atom is 0.348 e. The van der Waals surface area contributed by atoms with Crippen LogP contribution in [0.3, 0.4) is 0 Å². The largest absolute Gasteiger partial charge is 0.469 e. The Bertz CT molecular complexity index is 1050. The maximum absolute atomic E-state index is 12.7. The van der Waals surface area contributed by atoms with Gasteiger partial charge in [0.05, 0.1) is 32.3 Å². The van der Waals surface area contributed by atoms with Crippen molar-refractivity contribution in [3.8, 4) is 0 Å². The van der Waals surface area contributed by atoms with Crippen LogP contribution in [0.4, 0.5) is 0 Å². The lowest BCUT2D eigenvalue weighted by Gasteiger charge is -2.07. The number of ether oxygens (including phenoxy) is 2. The van der Waals surface area contributed by atoms with Gasteiger partial charge in [0.1, 0.15) is 22.3 Å². The van der Waals surface area contributed by atoms with Gasteiger partial charge >= 0.3 is 11.9 Å². The minimum absolute atomic E-state index is 0.0415. The SMILES string of the molecule is COC(=O)Cc1c(C(=O)OC)sc2nc(C[NH2+][C@@H](C)c3ccco3)[nH]c(=O)c12. The number of aromatic amines is 1. The number of furan rings is 1. The number of rotatable bonds is 7. The zero-order chi connectivity index (χ0) is 20.3. The first-order valence-corrected chi connectivity index (χ1v) is 9.32. The molecule has 0 unspecified atom stereocenters. The van der Waals surface area contributed by atoms with Gasteiger partial charge in [0.15, 0.2) is 11.6 Å². The average molecular weight is 406 g/mol. The predicted molar refractivity (Wildman–Crippen MR) is 100 cm³/mol. The molecule has 9 nitrogen and oxygen atoms in total. The van der Waals surface area contributed by atoms with Crippen molar-refractivity contribution in [1.29, 1.82) is 0 Å². The molecule has 0 saturated heterocycles. The van der Waals surface area contributed by atoms with Crippen molar-refractivity contribution in [3.05, 3.63) is 50.8 Å². The van der Waals surface area contributed by atoms with Crippen LogP contribution >= 0.6 is 11.3 Å². The molecule has 0 radical (unpaired) electrons. The van der Waals surface area contributed by atoms with Gasteiger partial charge in [-0.05, 0) is 19.1 Å². The summed E-state index contributed by atoms with van der Waals surface area (Å²) >= 11 is 1.02. The number of methoxy groups -OCH3 is 2. The molecule has 1 atom stereocenters. The first-order chi connectivity index (χ1) is 13.4. The number of quaternary nitrogens is 1. The van der Waals surface area contributed by atoms with Gasteiger partial charge in [-0.1, -0.05) is 0 Å². The van der Waals surface area contributed by atoms with E-state index in [0.29, 0.717) is 17.2 Å². The van der Waals surface area contributed by atoms with Gasteiger partial charge in [-0.25, -0.2) is 9.78 Å². The summed E-state index contributed by atoms with van der Waals surface area (Å²) in [6.45, 7) is 2.38. The van der Waals surface area contributed by atoms with Gasteiger partial charge in [0.25, 0.3) is 5.56 Å². The van der Waals surface area contributed by atoms with Crippen molar-refractivity contribution in [2.75, 3.05) is 14.2 Å². The van der Waals surface area contributed by atoms with Crippen LogP contribution in [0, 0.1) is 0 Å². The van der Waals surface area contributed by atoms with Crippen LogP contribution in [0.25, 0.3) is 10.2 Å². The molecule has 0 fully saturated rings. The molecule has 0 bridgehead atoms. The van der Waals surface area contributed by atoms with E-state index in [4.69, 9.17) is 9.15 Å². The van der Waals surface area contributed by atoms with E-state index < -0.39 is 17.5 Å². The molecule has 3 aromatic rings. The summed E-state index contributed by atoms with van der Waals surface area (Å²) < 4.78 is 14.8. The number of esters is 2. The van der Waals surface area contributed by atoms with Crippen molar-refractivity contribution in [2.24, 2.45) is 0 Å². The number of nitrogens with two attached hydrogens (primary N) is 1. The molecule has 0 aliphatic carbocycles. The minimum atomic E-state index is -0.624. The molecule has 28 heavy (non-hydrogen) atoms. The highest BCUT2D eigenvalue weighted by Gasteiger charge is 2.25. The molecule has 3 heterocycles. The molecule has 0 amide bonds. The zero-order valence-corrected chi connectivity index (χ0v) is 16.4. The molecular weight excluding hydrogens is 386 g/mol. The van der Waals surface area contributed by atoms with Gasteiger partial charge in [-0.2, -0.15) is 0 Å². The standard InChI is InChI=1S/C18H19N3O6S/c1-9(11-5-4-6-27-11)19-8-12-20-16(23)14-10(7-13(22)25-2)15(18(24)26-3)28-17(14)21-12/h4-6,9,19H,7-8H2,1-3H3,(H,20,21,23)/p+1/t9-/m0/s1. The molecule has 0 aliphatic heterocycles. The van der Waals surface area contributed by atoms with E-state index in [2.05, 4.69) is 14.7 Å². The summed E-state index contributed by atoms with van der Waals surface area (Å²) in [5, 5.41) is 2.17. The number of hydrogen-bond donors (Lipinski definition) is 2. The van der Waals surface area contributed by atoms with Gasteiger partial charge in [0, 0.05) is 5.56 Å². The smallest absolute Gasteiger partial charge is 0.348 e. The Morgan fingerprint density at radius 1 is 1.36 bits per heavy atom. The lowest BCUT2D eigenvalue weighted by Crippen LogP contribution is -2.83. The number of carbonyl (C=O) groups excluding carboxylic acids is 2. The number of H-pyrrole nitrogens is 1. The van der Waals surface area contributed by atoms with Gasteiger partial charge < -0.3 is 24.2 Å². The Hall–Kier alpha value is -2.98. The Kier molecular flexibility index (Phi) is 5.90. The average Bonchev–Trinajstić information content (AvgIpc) is 3.34.